The van der Waals surface area contributed by atoms with Crippen LogP contribution in [0.25, 0.3) is 11.2 Å². The van der Waals surface area contributed by atoms with Crippen LogP contribution < -0.4 is 21.7 Å². The summed E-state index contributed by atoms with van der Waals surface area (Å²) in [6, 6.07) is 22.5. The van der Waals surface area contributed by atoms with E-state index in [0.29, 0.717) is 24.1 Å². The summed E-state index contributed by atoms with van der Waals surface area (Å²) in [5, 5.41) is 10.9. The fraction of sp³-hybridized carbons (Fsp3) is 0.452. The van der Waals surface area contributed by atoms with Gasteiger partial charge in [-0.25, -0.2) is 4.98 Å². The second kappa shape index (κ2) is 12.1. The first-order valence-electron chi connectivity index (χ1n) is 14.6. The standard InChI is InChI=1S/C31H40N8/c32-24-15-17-25(18-16-24)36-31-37-29(28-30(38-31)39(21-35-28)26-13-7-8-14-26)34-20-19-33-27(22-9-3-1-4-10-22)23-11-5-2-6-12-23/h1-6,9-12,21,24-27,33H,7-8,13-20,32H2,(H2,34,36,37,38). The minimum Gasteiger partial charge on any atom is -0.367 e. The molecule has 2 heterocycles. The summed E-state index contributed by atoms with van der Waals surface area (Å²) in [6.45, 7) is 1.49. The number of benzene rings is 2. The molecule has 39 heavy (non-hydrogen) atoms. The lowest BCUT2D eigenvalue weighted by atomic mass is 9.92. The molecule has 5 N–H and O–H groups in total. The van der Waals surface area contributed by atoms with Gasteiger partial charge in [0, 0.05) is 31.2 Å². The van der Waals surface area contributed by atoms with Gasteiger partial charge in [0.25, 0.3) is 0 Å². The van der Waals surface area contributed by atoms with Crippen LogP contribution in [-0.4, -0.2) is 44.7 Å². The first kappa shape index (κ1) is 25.8. The SMILES string of the molecule is NC1CCC(Nc2nc(NCCNC(c3ccccc3)c3ccccc3)c3ncn(C4CCCC4)c3n2)CC1. The number of anilines is 2. The second-order valence-electron chi connectivity index (χ2n) is 11.0. The van der Waals surface area contributed by atoms with Gasteiger partial charge < -0.3 is 26.3 Å². The Morgan fingerprint density at radius 1 is 0.821 bits per heavy atom. The van der Waals surface area contributed by atoms with Crippen LogP contribution in [0.4, 0.5) is 11.8 Å². The molecule has 0 spiro atoms. The molecule has 0 radical (unpaired) electrons. The number of hydrogen-bond acceptors (Lipinski definition) is 7. The monoisotopic (exact) mass is 524 g/mol. The van der Waals surface area contributed by atoms with Crippen LogP contribution in [0.3, 0.4) is 0 Å². The molecular weight excluding hydrogens is 484 g/mol. The molecule has 0 unspecified atom stereocenters. The quantitative estimate of drug-likeness (QED) is 0.205. The lowest BCUT2D eigenvalue weighted by molar-refractivity contribution is 0.410. The van der Waals surface area contributed by atoms with Gasteiger partial charge in [0.05, 0.1) is 12.4 Å². The Morgan fingerprint density at radius 2 is 1.49 bits per heavy atom. The predicted octanol–water partition coefficient (Wildman–Crippen LogP) is 5.41. The van der Waals surface area contributed by atoms with Gasteiger partial charge in [-0.05, 0) is 49.7 Å². The highest BCUT2D eigenvalue weighted by Gasteiger charge is 2.24. The maximum atomic E-state index is 6.14. The number of hydrogen-bond donors (Lipinski definition) is 4. The molecule has 2 fully saturated rings. The Kier molecular flexibility index (Phi) is 8.02. The van der Waals surface area contributed by atoms with Gasteiger partial charge >= 0.3 is 0 Å². The third kappa shape index (κ3) is 6.07. The van der Waals surface area contributed by atoms with Crippen molar-refractivity contribution in [2.75, 3.05) is 23.7 Å². The molecule has 2 saturated carbocycles. The van der Waals surface area contributed by atoms with Gasteiger partial charge in [0.2, 0.25) is 5.95 Å². The Hall–Kier alpha value is -3.49. The van der Waals surface area contributed by atoms with Gasteiger partial charge in [-0.3, -0.25) is 0 Å². The number of aromatic nitrogens is 4. The number of nitrogens with one attached hydrogen (secondary N) is 3. The van der Waals surface area contributed by atoms with Gasteiger partial charge in [-0.1, -0.05) is 73.5 Å². The van der Waals surface area contributed by atoms with E-state index in [-0.39, 0.29) is 6.04 Å². The average Bonchev–Trinajstić information content (AvgIpc) is 3.66. The molecule has 0 amide bonds. The minimum absolute atomic E-state index is 0.121. The molecule has 4 aromatic rings. The molecule has 8 nitrogen and oxygen atoms in total. The lowest BCUT2D eigenvalue weighted by Crippen LogP contribution is -2.33. The van der Waals surface area contributed by atoms with Crippen molar-refractivity contribution in [3.8, 4) is 0 Å². The zero-order valence-electron chi connectivity index (χ0n) is 22.6. The second-order valence-corrected chi connectivity index (χ2v) is 11.0. The molecule has 2 aromatic carbocycles. The summed E-state index contributed by atoms with van der Waals surface area (Å²) in [5.41, 5.74) is 10.4. The molecule has 2 aliphatic carbocycles. The summed E-state index contributed by atoms with van der Waals surface area (Å²) in [5.74, 6) is 1.48. The molecule has 0 bridgehead atoms. The minimum atomic E-state index is 0.121. The number of imidazole rings is 1. The fourth-order valence-electron chi connectivity index (χ4n) is 6.12. The Labute approximate surface area is 230 Å². The van der Waals surface area contributed by atoms with E-state index in [4.69, 9.17) is 20.7 Å². The van der Waals surface area contributed by atoms with Crippen LogP contribution in [0.5, 0.6) is 0 Å². The van der Waals surface area contributed by atoms with E-state index < -0.39 is 0 Å². The van der Waals surface area contributed by atoms with Crippen molar-refractivity contribution in [3.63, 3.8) is 0 Å². The Balaban J connectivity index is 1.19. The highest BCUT2D eigenvalue weighted by Crippen LogP contribution is 2.33. The Bertz CT molecular complexity index is 1290. The molecule has 0 aliphatic heterocycles. The third-order valence-electron chi connectivity index (χ3n) is 8.28. The lowest BCUT2D eigenvalue weighted by Gasteiger charge is -2.27. The molecule has 0 atom stereocenters. The summed E-state index contributed by atoms with van der Waals surface area (Å²) < 4.78 is 2.27. The molecule has 204 valence electrons. The summed E-state index contributed by atoms with van der Waals surface area (Å²) in [6.07, 6.45) is 11.1. The van der Waals surface area contributed by atoms with Gasteiger partial charge in [-0.2, -0.15) is 9.97 Å². The highest BCUT2D eigenvalue weighted by atomic mass is 15.2. The number of nitrogens with two attached hydrogens (primary N) is 1. The molecule has 8 heteroatoms. The largest absolute Gasteiger partial charge is 0.367 e. The highest BCUT2D eigenvalue weighted by molar-refractivity contribution is 5.84. The normalized spacial score (nSPS) is 20.1. The summed E-state index contributed by atoms with van der Waals surface area (Å²) in [7, 11) is 0. The van der Waals surface area contributed by atoms with Crippen LogP contribution in [0.1, 0.15) is 74.6 Å². The maximum Gasteiger partial charge on any atom is 0.227 e. The number of fused-ring (bicyclic) bond motifs is 1. The Morgan fingerprint density at radius 3 is 2.15 bits per heavy atom. The predicted molar refractivity (Wildman–Crippen MR) is 158 cm³/mol. The summed E-state index contributed by atoms with van der Waals surface area (Å²) >= 11 is 0. The van der Waals surface area contributed by atoms with Gasteiger partial charge in [0.15, 0.2) is 17.0 Å². The molecule has 2 aliphatic rings. The topological polar surface area (TPSA) is 106 Å². The van der Waals surface area contributed by atoms with Crippen molar-refractivity contribution >= 4 is 22.9 Å². The van der Waals surface area contributed by atoms with Gasteiger partial charge in [-0.15, -0.1) is 0 Å². The zero-order valence-corrected chi connectivity index (χ0v) is 22.6. The van der Waals surface area contributed by atoms with E-state index >= 15 is 0 Å². The number of rotatable bonds is 10. The first-order valence-corrected chi connectivity index (χ1v) is 14.6. The van der Waals surface area contributed by atoms with Crippen molar-refractivity contribution in [2.45, 2.75) is 75.5 Å². The van der Waals surface area contributed by atoms with Crippen molar-refractivity contribution < 1.29 is 0 Å². The first-order chi connectivity index (χ1) is 19.2. The average molecular weight is 525 g/mol. The van der Waals surface area contributed by atoms with Crippen molar-refractivity contribution in [1.29, 1.82) is 0 Å². The van der Waals surface area contributed by atoms with E-state index in [0.717, 1.165) is 55.8 Å². The molecule has 0 saturated heterocycles. The van der Waals surface area contributed by atoms with E-state index in [2.05, 4.69) is 81.2 Å². The number of nitrogens with zero attached hydrogens (tertiary/aromatic N) is 4. The van der Waals surface area contributed by atoms with Crippen LogP contribution in [-0.2, 0) is 0 Å². The van der Waals surface area contributed by atoms with E-state index in [1.165, 1.54) is 36.8 Å². The third-order valence-corrected chi connectivity index (χ3v) is 8.28. The van der Waals surface area contributed by atoms with Crippen LogP contribution in [0.15, 0.2) is 67.0 Å². The van der Waals surface area contributed by atoms with Crippen molar-refractivity contribution in [1.82, 2.24) is 24.8 Å². The zero-order chi connectivity index (χ0) is 26.4. The van der Waals surface area contributed by atoms with Crippen LogP contribution >= 0.6 is 0 Å². The summed E-state index contributed by atoms with van der Waals surface area (Å²) in [4.78, 5) is 14.7. The maximum absolute atomic E-state index is 6.14. The fourth-order valence-corrected chi connectivity index (χ4v) is 6.12. The van der Waals surface area contributed by atoms with Gasteiger partial charge in [0.1, 0.15) is 0 Å². The van der Waals surface area contributed by atoms with Crippen molar-refractivity contribution in [2.24, 2.45) is 5.73 Å². The van der Waals surface area contributed by atoms with E-state index in [1.54, 1.807) is 0 Å². The van der Waals surface area contributed by atoms with E-state index in [9.17, 15) is 0 Å². The molecule has 2 aromatic heterocycles. The molecular formula is C31H40N8. The van der Waals surface area contributed by atoms with Crippen molar-refractivity contribution in [3.05, 3.63) is 78.1 Å². The smallest absolute Gasteiger partial charge is 0.227 e. The van der Waals surface area contributed by atoms with Crippen LogP contribution in [0, 0.1) is 0 Å². The van der Waals surface area contributed by atoms with Crippen LogP contribution in [0.2, 0.25) is 0 Å². The van der Waals surface area contributed by atoms with E-state index in [1.807, 2.05) is 6.33 Å². The molecule has 6 rings (SSSR count).